The molecule has 2 heterocycles. The average molecular weight is 239 g/mol. The second-order valence-corrected chi connectivity index (χ2v) is 4.13. The van der Waals surface area contributed by atoms with Crippen molar-refractivity contribution in [2.24, 2.45) is 0 Å². The number of anilines is 3. The lowest BCUT2D eigenvalue weighted by molar-refractivity contribution is 0.0381. The summed E-state index contributed by atoms with van der Waals surface area (Å²) in [6.45, 7) is 1.32. The van der Waals surface area contributed by atoms with Crippen LogP contribution in [-0.2, 0) is 4.74 Å². The van der Waals surface area contributed by atoms with E-state index < -0.39 is 5.60 Å². The first-order chi connectivity index (χ1) is 8.11. The molecule has 1 aromatic rings. The maximum atomic E-state index is 10.1. The van der Waals surface area contributed by atoms with E-state index in [0.717, 1.165) is 0 Å². The SMILES string of the molecule is CNc1cc(NCC2(O)CCOC2)nc(N)n1. The molecule has 0 bridgehead atoms. The summed E-state index contributed by atoms with van der Waals surface area (Å²) >= 11 is 0. The van der Waals surface area contributed by atoms with Crippen LogP contribution in [0.25, 0.3) is 0 Å². The molecule has 0 aliphatic carbocycles. The number of nitrogens with one attached hydrogen (secondary N) is 2. The Labute approximate surface area is 99.4 Å². The van der Waals surface area contributed by atoms with Crippen molar-refractivity contribution in [1.29, 1.82) is 0 Å². The van der Waals surface area contributed by atoms with Crippen molar-refractivity contribution in [3.05, 3.63) is 6.07 Å². The summed E-state index contributed by atoms with van der Waals surface area (Å²) in [6, 6.07) is 1.73. The Bertz CT molecular complexity index is 392. The van der Waals surface area contributed by atoms with E-state index in [2.05, 4.69) is 20.6 Å². The van der Waals surface area contributed by atoms with E-state index in [0.29, 0.717) is 37.8 Å². The number of hydrogen-bond donors (Lipinski definition) is 4. The van der Waals surface area contributed by atoms with Crippen LogP contribution in [0.15, 0.2) is 6.07 Å². The second kappa shape index (κ2) is 4.72. The minimum Gasteiger partial charge on any atom is -0.386 e. The van der Waals surface area contributed by atoms with Gasteiger partial charge in [-0.1, -0.05) is 0 Å². The molecular weight excluding hydrogens is 222 g/mol. The molecule has 1 atom stereocenters. The second-order valence-electron chi connectivity index (χ2n) is 4.13. The summed E-state index contributed by atoms with van der Waals surface area (Å²) in [4.78, 5) is 8.02. The number of nitrogen functional groups attached to an aromatic ring is 1. The largest absolute Gasteiger partial charge is 0.386 e. The van der Waals surface area contributed by atoms with Crippen LogP contribution < -0.4 is 16.4 Å². The highest BCUT2D eigenvalue weighted by Gasteiger charge is 2.32. The van der Waals surface area contributed by atoms with Gasteiger partial charge in [0.05, 0.1) is 6.61 Å². The Hall–Kier alpha value is -1.60. The summed E-state index contributed by atoms with van der Waals surface area (Å²) in [5, 5.41) is 16.0. The maximum absolute atomic E-state index is 10.1. The highest BCUT2D eigenvalue weighted by atomic mass is 16.5. The molecular formula is C10H17N5O2. The third kappa shape index (κ3) is 2.95. The number of hydrogen-bond acceptors (Lipinski definition) is 7. The average Bonchev–Trinajstić information content (AvgIpc) is 2.73. The van der Waals surface area contributed by atoms with E-state index in [1.54, 1.807) is 13.1 Å². The van der Waals surface area contributed by atoms with Gasteiger partial charge in [0.1, 0.15) is 17.2 Å². The molecule has 7 heteroatoms. The van der Waals surface area contributed by atoms with Crippen LogP contribution in [0.3, 0.4) is 0 Å². The fourth-order valence-corrected chi connectivity index (χ4v) is 1.68. The molecule has 2 rings (SSSR count). The van der Waals surface area contributed by atoms with Crippen LogP contribution in [0.4, 0.5) is 17.6 Å². The zero-order valence-corrected chi connectivity index (χ0v) is 9.73. The Morgan fingerprint density at radius 3 is 2.94 bits per heavy atom. The Morgan fingerprint density at radius 1 is 1.53 bits per heavy atom. The van der Waals surface area contributed by atoms with Gasteiger partial charge in [-0.2, -0.15) is 9.97 Å². The third-order valence-electron chi connectivity index (χ3n) is 2.68. The van der Waals surface area contributed by atoms with Crippen molar-refractivity contribution in [2.75, 3.05) is 43.2 Å². The van der Waals surface area contributed by atoms with Crippen LogP contribution in [0, 0.1) is 0 Å². The Morgan fingerprint density at radius 2 is 2.29 bits per heavy atom. The third-order valence-corrected chi connectivity index (χ3v) is 2.68. The normalized spacial score (nSPS) is 23.6. The number of nitrogens with zero attached hydrogens (tertiary/aromatic N) is 2. The van der Waals surface area contributed by atoms with Crippen LogP contribution >= 0.6 is 0 Å². The summed E-state index contributed by atoms with van der Waals surface area (Å²) in [5.74, 6) is 1.41. The topological polar surface area (TPSA) is 105 Å². The molecule has 1 aromatic heterocycles. The Balaban J connectivity index is 2.00. The van der Waals surface area contributed by atoms with E-state index >= 15 is 0 Å². The zero-order valence-electron chi connectivity index (χ0n) is 9.73. The van der Waals surface area contributed by atoms with Gasteiger partial charge < -0.3 is 26.2 Å². The molecule has 17 heavy (non-hydrogen) atoms. The minimum atomic E-state index is -0.820. The molecule has 1 saturated heterocycles. The molecule has 0 aromatic carbocycles. The highest BCUT2D eigenvalue weighted by molar-refractivity contribution is 5.50. The van der Waals surface area contributed by atoms with Crippen molar-refractivity contribution in [2.45, 2.75) is 12.0 Å². The number of rotatable bonds is 4. The van der Waals surface area contributed by atoms with Crippen LogP contribution in [0.2, 0.25) is 0 Å². The van der Waals surface area contributed by atoms with Crippen molar-refractivity contribution >= 4 is 17.6 Å². The summed E-state index contributed by atoms with van der Waals surface area (Å²) in [7, 11) is 1.75. The molecule has 1 unspecified atom stereocenters. The number of aliphatic hydroxyl groups is 1. The molecule has 94 valence electrons. The lowest BCUT2D eigenvalue weighted by Crippen LogP contribution is -2.37. The lowest BCUT2D eigenvalue weighted by atomic mass is 10.0. The van der Waals surface area contributed by atoms with E-state index in [4.69, 9.17) is 10.5 Å². The van der Waals surface area contributed by atoms with E-state index in [9.17, 15) is 5.11 Å². The first kappa shape index (κ1) is 11.9. The molecule has 1 fully saturated rings. The summed E-state index contributed by atoms with van der Waals surface area (Å²) in [5.41, 5.74) is 4.74. The van der Waals surface area contributed by atoms with E-state index in [-0.39, 0.29) is 5.95 Å². The first-order valence-electron chi connectivity index (χ1n) is 5.48. The molecule has 1 aliphatic rings. The van der Waals surface area contributed by atoms with Crippen molar-refractivity contribution < 1.29 is 9.84 Å². The van der Waals surface area contributed by atoms with Crippen molar-refractivity contribution in [1.82, 2.24) is 9.97 Å². The first-order valence-corrected chi connectivity index (χ1v) is 5.48. The fraction of sp³-hybridized carbons (Fsp3) is 0.600. The van der Waals surface area contributed by atoms with Crippen molar-refractivity contribution in [3.63, 3.8) is 0 Å². The van der Waals surface area contributed by atoms with Gasteiger partial charge >= 0.3 is 0 Å². The summed E-state index contributed by atoms with van der Waals surface area (Å²) < 4.78 is 5.16. The number of nitrogens with two attached hydrogens (primary N) is 1. The predicted molar refractivity (Wildman–Crippen MR) is 64.9 cm³/mol. The monoisotopic (exact) mass is 239 g/mol. The van der Waals surface area contributed by atoms with Gasteiger partial charge in [-0.25, -0.2) is 0 Å². The lowest BCUT2D eigenvalue weighted by Gasteiger charge is -2.21. The van der Waals surface area contributed by atoms with Crippen LogP contribution in [0.1, 0.15) is 6.42 Å². The zero-order chi connectivity index (χ0) is 12.3. The predicted octanol–water partition coefficient (Wildman–Crippen LogP) is -0.336. The standard InChI is InChI=1S/C10H17N5O2/c1-12-7-4-8(15-9(11)14-7)13-5-10(16)2-3-17-6-10/h4,16H,2-3,5-6H2,1H3,(H4,11,12,13,14,15). The van der Waals surface area contributed by atoms with Gasteiger partial charge in [-0.15, -0.1) is 0 Å². The van der Waals surface area contributed by atoms with Gasteiger partial charge in [-0.3, -0.25) is 0 Å². The number of ether oxygens (including phenoxy) is 1. The maximum Gasteiger partial charge on any atom is 0.223 e. The highest BCUT2D eigenvalue weighted by Crippen LogP contribution is 2.19. The smallest absolute Gasteiger partial charge is 0.223 e. The van der Waals surface area contributed by atoms with Gasteiger partial charge in [0, 0.05) is 32.7 Å². The molecule has 0 spiro atoms. The van der Waals surface area contributed by atoms with Gasteiger partial charge in [0.15, 0.2) is 0 Å². The molecule has 1 aliphatic heterocycles. The molecule has 0 saturated carbocycles. The quantitative estimate of drug-likeness (QED) is 0.570. The van der Waals surface area contributed by atoms with Crippen LogP contribution in [-0.4, -0.2) is 47.5 Å². The Kier molecular flexibility index (Phi) is 3.30. The van der Waals surface area contributed by atoms with Gasteiger partial charge in [-0.05, 0) is 0 Å². The molecule has 0 amide bonds. The molecule has 5 N–H and O–H groups in total. The van der Waals surface area contributed by atoms with Gasteiger partial charge in [0.25, 0.3) is 0 Å². The minimum absolute atomic E-state index is 0.189. The summed E-state index contributed by atoms with van der Waals surface area (Å²) in [6.07, 6.45) is 0.624. The number of aromatic nitrogens is 2. The van der Waals surface area contributed by atoms with Gasteiger partial charge in [0.2, 0.25) is 5.95 Å². The molecule has 0 radical (unpaired) electrons. The van der Waals surface area contributed by atoms with E-state index in [1.807, 2.05) is 0 Å². The van der Waals surface area contributed by atoms with Crippen molar-refractivity contribution in [3.8, 4) is 0 Å². The fourth-order valence-electron chi connectivity index (χ4n) is 1.68. The molecule has 7 nitrogen and oxygen atoms in total. The van der Waals surface area contributed by atoms with E-state index in [1.165, 1.54) is 0 Å². The van der Waals surface area contributed by atoms with Crippen LogP contribution in [0.5, 0.6) is 0 Å².